The van der Waals surface area contributed by atoms with Crippen molar-refractivity contribution < 1.29 is 23.5 Å². The molecular formula is C26H24FNO4. The van der Waals surface area contributed by atoms with Gasteiger partial charge in [-0.1, -0.05) is 29.8 Å². The standard InChI is InChI=1S/C26H24FNO4/c1-15-4-5-16(2)20(14-15)24(29)22-23(21-11-6-17(3)32-21)28(26(31)25(22)30)13-12-18-7-9-19(27)10-8-18/h4-11,14,23,29H,12-13H2,1-3H3/b24-22+. The zero-order valence-corrected chi connectivity index (χ0v) is 18.2. The Morgan fingerprint density at radius 2 is 1.75 bits per heavy atom. The van der Waals surface area contributed by atoms with Crippen molar-refractivity contribution in [1.29, 1.82) is 0 Å². The molecule has 1 fully saturated rings. The highest BCUT2D eigenvalue weighted by Gasteiger charge is 2.47. The number of hydrogen-bond acceptors (Lipinski definition) is 4. The number of aliphatic hydroxyl groups is 1. The fourth-order valence-corrected chi connectivity index (χ4v) is 4.04. The lowest BCUT2D eigenvalue weighted by atomic mass is 9.96. The van der Waals surface area contributed by atoms with Crippen molar-refractivity contribution in [2.45, 2.75) is 33.2 Å². The van der Waals surface area contributed by atoms with Crippen molar-refractivity contribution in [2.75, 3.05) is 6.54 Å². The Kier molecular flexibility index (Phi) is 5.70. The second kappa shape index (κ2) is 8.46. The Balaban J connectivity index is 1.78. The molecule has 1 amide bonds. The maximum absolute atomic E-state index is 13.2. The van der Waals surface area contributed by atoms with Crippen LogP contribution in [0.4, 0.5) is 4.39 Å². The van der Waals surface area contributed by atoms with Crippen molar-refractivity contribution in [3.05, 3.63) is 99.8 Å². The lowest BCUT2D eigenvalue weighted by Gasteiger charge is -2.23. The molecule has 0 aliphatic carbocycles. The molecule has 1 saturated heterocycles. The zero-order chi connectivity index (χ0) is 23.0. The lowest BCUT2D eigenvalue weighted by molar-refractivity contribution is -0.140. The summed E-state index contributed by atoms with van der Waals surface area (Å²) in [6.45, 7) is 5.72. The minimum absolute atomic E-state index is 0.0113. The van der Waals surface area contributed by atoms with Gasteiger partial charge in [0.25, 0.3) is 11.7 Å². The van der Waals surface area contributed by atoms with Crippen molar-refractivity contribution in [3.8, 4) is 0 Å². The molecule has 1 N–H and O–H groups in total. The van der Waals surface area contributed by atoms with E-state index in [0.29, 0.717) is 23.5 Å². The van der Waals surface area contributed by atoms with Crippen molar-refractivity contribution >= 4 is 17.4 Å². The summed E-state index contributed by atoms with van der Waals surface area (Å²) in [6.07, 6.45) is 0.424. The van der Waals surface area contributed by atoms with E-state index in [1.54, 1.807) is 37.3 Å². The average molecular weight is 433 g/mol. The number of halogens is 1. The minimum atomic E-state index is -0.843. The topological polar surface area (TPSA) is 70.8 Å². The predicted octanol–water partition coefficient (Wildman–Crippen LogP) is 5.01. The highest BCUT2D eigenvalue weighted by molar-refractivity contribution is 6.46. The third-order valence-electron chi connectivity index (χ3n) is 5.77. The Bertz CT molecular complexity index is 1220. The van der Waals surface area contributed by atoms with E-state index in [2.05, 4.69) is 0 Å². The summed E-state index contributed by atoms with van der Waals surface area (Å²) in [7, 11) is 0. The van der Waals surface area contributed by atoms with Crippen LogP contribution < -0.4 is 0 Å². The van der Waals surface area contributed by atoms with E-state index >= 15 is 0 Å². The van der Waals surface area contributed by atoms with E-state index in [-0.39, 0.29) is 23.7 Å². The molecule has 3 aromatic rings. The number of ketones is 1. The molecule has 1 unspecified atom stereocenters. The first-order chi connectivity index (χ1) is 15.3. The summed E-state index contributed by atoms with van der Waals surface area (Å²) in [5.41, 5.74) is 3.07. The normalized spacial score (nSPS) is 17.9. The number of benzene rings is 2. The van der Waals surface area contributed by atoms with Gasteiger partial charge in [-0.2, -0.15) is 0 Å². The van der Waals surface area contributed by atoms with Gasteiger partial charge < -0.3 is 14.4 Å². The number of carbonyl (C=O) groups excluding carboxylic acids is 2. The van der Waals surface area contributed by atoms with Crippen LogP contribution >= 0.6 is 0 Å². The molecule has 1 atom stereocenters. The van der Waals surface area contributed by atoms with Gasteiger partial charge in [0.2, 0.25) is 0 Å². The molecule has 2 heterocycles. The van der Waals surface area contributed by atoms with Gasteiger partial charge in [0.05, 0.1) is 5.57 Å². The number of carbonyl (C=O) groups is 2. The van der Waals surface area contributed by atoms with Gasteiger partial charge in [-0.3, -0.25) is 9.59 Å². The molecule has 1 aromatic heterocycles. The number of aryl methyl sites for hydroxylation is 3. The first kappa shape index (κ1) is 21.6. The van der Waals surface area contributed by atoms with E-state index in [1.165, 1.54) is 17.0 Å². The number of nitrogens with zero attached hydrogens (tertiary/aromatic N) is 1. The lowest BCUT2D eigenvalue weighted by Crippen LogP contribution is -2.31. The van der Waals surface area contributed by atoms with E-state index in [0.717, 1.165) is 16.7 Å². The first-order valence-electron chi connectivity index (χ1n) is 10.4. The smallest absolute Gasteiger partial charge is 0.295 e. The molecule has 1 aliphatic heterocycles. The van der Waals surface area contributed by atoms with Gasteiger partial charge in [0.15, 0.2) is 0 Å². The molecule has 0 bridgehead atoms. The summed E-state index contributed by atoms with van der Waals surface area (Å²) in [5.74, 6) is -0.954. The second-order valence-corrected chi connectivity index (χ2v) is 8.14. The minimum Gasteiger partial charge on any atom is -0.507 e. The molecule has 0 spiro atoms. The van der Waals surface area contributed by atoms with Crippen LogP contribution in [0.3, 0.4) is 0 Å². The first-order valence-corrected chi connectivity index (χ1v) is 10.4. The third kappa shape index (κ3) is 3.96. The summed E-state index contributed by atoms with van der Waals surface area (Å²) in [5, 5.41) is 11.2. The highest BCUT2D eigenvalue weighted by Crippen LogP contribution is 2.40. The number of aliphatic hydroxyl groups excluding tert-OH is 1. The van der Waals surface area contributed by atoms with Crippen LogP contribution in [0.25, 0.3) is 5.76 Å². The summed E-state index contributed by atoms with van der Waals surface area (Å²) >= 11 is 0. The maximum Gasteiger partial charge on any atom is 0.295 e. The fourth-order valence-electron chi connectivity index (χ4n) is 4.04. The van der Waals surface area contributed by atoms with E-state index in [9.17, 15) is 19.1 Å². The van der Waals surface area contributed by atoms with Crippen molar-refractivity contribution in [2.24, 2.45) is 0 Å². The van der Waals surface area contributed by atoms with Crippen LogP contribution in [0.2, 0.25) is 0 Å². The SMILES string of the molecule is Cc1ccc(C)c(/C(O)=C2\C(=O)C(=O)N(CCc3ccc(F)cc3)C2c2ccc(C)o2)c1. The Labute approximate surface area is 185 Å². The van der Waals surface area contributed by atoms with Gasteiger partial charge >= 0.3 is 0 Å². The molecular weight excluding hydrogens is 409 g/mol. The summed E-state index contributed by atoms with van der Waals surface area (Å²) < 4.78 is 19.0. The Morgan fingerprint density at radius 1 is 1.03 bits per heavy atom. The van der Waals surface area contributed by atoms with Crippen LogP contribution in [0.5, 0.6) is 0 Å². The number of likely N-dealkylation sites (tertiary alicyclic amines) is 1. The number of hydrogen-bond donors (Lipinski definition) is 1. The van der Waals surface area contributed by atoms with Crippen LogP contribution in [0.1, 0.15) is 39.8 Å². The van der Waals surface area contributed by atoms with Gasteiger partial charge in [-0.25, -0.2) is 4.39 Å². The molecule has 32 heavy (non-hydrogen) atoms. The summed E-state index contributed by atoms with van der Waals surface area (Å²) in [6, 6.07) is 14.2. The van der Waals surface area contributed by atoms with Gasteiger partial charge in [-0.15, -0.1) is 0 Å². The zero-order valence-electron chi connectivity index (χ0n) is 18.2. The molecule has 0 saturated carbocycles. The van der Waals surface area contributed by atoms with Crippen LogP contribution in [0.15, 0.2) is 64.6 Å². The monoisotopic (exact) mass is 433 g/mol. The molecule has 2 aromatic carbocycles. The summed E-state index contributed by atoms with van der Waals surface area (Å²) in [4.78, 5) is 27.5. The molecule has 164 valence electrons. The number of rotatable bonds is 5. The molecule has 6 heteroatoms. The van der Waals surface area contributed by atoms with Crippen LogP contribution in [-0.4, -0.2) is 28.2 Å². The second-order valence-electron chi connectivity index (χ2n) is 8.14. The van der Waals surface area contributed by atoms with E-state index in [4.69, 9.17) is 4.42 Å². The van der Waals surface area contributed by atoms with Crippen LogP contribution in [0, 0.1) is 26.6 Å². The Morgan fingerprint density at radius 3 is 2.41 bits per heavy atom. The van der Waals surface area contributed by atoms with Crippen molar-refractivity contribution in [3.63, 3.8) is 0 Å². The average Bonchev–Trinajstić information content (AvgIpc) is 3.30. The van der Waals surface area contributed by atoms with Gasteiger partial charge in [-0.05, 0) is 68.7 Å². The quantitative estimate of drug-likeness (QED) is 0.349. The van der Waals surface area contributed by atoms with Crippen LogP contribution in [-0.2, 0) is 16.0 Å². The molecule has 4 rings (SSSR count). The maximum atomic E-state index is 13.2. The number of furan rings is 1. The van der Waals surface area contributed by atoms with Gasteiger partial charge in [0, 0.05) is 12.1 Å². The largest absolute Gasteiger partial charge is 0.507 e. The van der Waals surface area contributed by atoms with E-state index < -0.39 is 17.7 Å². The third-order valence-corrected chi connectivity index (χ3v) is 5.77. The Hall–Kier alpha value is -3.67. The van der Waals surface area contributed by atoms with Gasteiger partial charge in [0.1, 0.15) is 29.1 Å². The predicted molar refractivity (Wildman–Crippen MR) is 118 cm³/mol. The number of Topliss-reactive ketones (excluding diaryl/α,β-unsaturated/α-hetero) is 1. The highest BCUT2D eigenvalue weighted by atomic mass is 19.1. The molecule has 5 nitrogen and oxygen atoms in total. The number of amides is 1. The molecule has 0 radical (unpaired) electrons. The van der Waals surface area contributed by atoms with E-state index in [1.807, 2.05) is 26.0 Å². The molecule has 1 aliphatic rings. The van der Waals surface area contributed by atoms with Crippen molar-refractivity contribution in [1.82, 2.24) is 4.90 Å². The fraction of sp³-hybridized carbons (Fsp3) is 0.231.